The number of carbonyl (C=O) groups excluding carboxylic acids is 3. The summed E-state index contributed by atoms with van der Waals surface area (Å²) in [5, 5.41) is 20.5. The van der Waals surface area contributed by atoms with Crippen molar-refractivity contribution in [3.05, 3.63) is 90.1 Å². The molecule has 0 bridgehead atoms. The third-order valence-electron chi connectivity index (χ3n) is 9.15. The number of benzene rings is 2. The summed E-state index contributed by atoms with van der Waals surface area (Å²) in [7, 11) is 1.23. The van der Waals surface area contributed by atoms with E-state index >= 15 is 0 Å². The lowest BCUT2D eigenvalue weighted by Gasteiger charge is -2.33. The maximum atomic E-state index is 13.8. The SMILES string of the molecule is COC(=O)NC(C(=O)NC(Cc1ccc(-c2ccccn2)cc1)[C@H](O)CC(Cc1ccccc1)NC(=O)OC1CO[C@H]2OCC[C@@H]12)C(C)(C)C. The first-order valence-corrected chi connectivity index (χ1v) is 17.1. The van der Waals surface area contributed by atoms with Gasteiger partial charge < -0.3 is 40.0 Å². The topological polar surface area (TPSA) is 157 Å². The number of amides is 3. The number of nitrogens with zero attached hydrogens (tertiary/aromatic N) is 1. The molecule has 1 aromatic heterocycles. The minimum Gasteiger partial charge on any atom is -0.453 e. The number of nitrogens with one attached hydrogen (secondary N) is 3. The monoisotopic (exact) mass is 688 g/mol. The summed E-state index contributed by atoms with van der Waals surface area (Å²) in [6, 6.07) is 20.8. The van der Waals surface area contributed by atoms with Crippen LogP contribution in [0.25, 0.3) is 11.3 Å². The fraction of sp³-hybridized carbons (Fsp3) is 0.474. The Kier molecular flexibility index (Phi) is 12.4. The Morgan fingerprint density at radius 1 is 0.900 bits per heavy atom. The number of carbonyl (C=O) groups is 3. The van der Waals surface area contributed by atoms with Crippen molar-refractivity contribution in [2.45, 2.75) is 83.1 Å². The maximum Gasteiger partial charge on any atom is 0.407 e. The van der Waals surface area contributed by atoms with Crippen LogP contribution in [0.5, 0.6) is 0 Å². The second kappa shape index (κ2) is 16.9. The van der Waals surface area contributed by atoms with E-state index in [0.29, 0.717) is 13.0 Å². The van der Waals surface area contributed by atoms with Crippen molar-refractivity contribution in [2.75, 3.05) is 20.3 Å². The predicted octanol–water partition coefficient (Wildman–Crippen LogP) is 4.40. The van der Waals surface area contributed by atoms with Gasteiger partial charge in [0.25, 0.3) is 0 Å². The third kappa shape index (κ3) is 10.0. The first kappa shape index (κ1) is 36.8. The summed E-state index contributed by atoms with van der Waals surface area (Å²) in [6.07, 6.45) is 0.0237. The average Bonchev–Trinajstić information content (AvgIpc) is 3.72. The zero-order valence-electron chi connectivity index (χ0n) is 29.0. The molecule has 2 aliphatic rings. The highest BCUT2D eigenvalue weighted by molar-refractivity contribution is 5.86. The van der Waals surface area contributed by atoms with Crippen LogP contribution in [0.4, 0.5) is 9.59 Å². The van der Waals surface area contributed by atoms with Crippen LogP contribution in [0.1, 0.15) is 44.7 Å². The van der Waals surface area contributed by atoms with Crippen molar-refractivity contribution in [1.82, 2.24) is 20.9 Å². The lowest BCUT2D eigenvalue weighted by atomic mass is 9.85. The van der Waals surface area contributed by atoms with E-state index in [0.717, 1.165) is 28.8 Å². The van der Waals surface area contributed by atoms with Gasteiger partial charge in [-0.15, -0.1) is 0 Å². The number of alkyl carbamates (subject to hydrolysis) is 2. The molecule has 3 heterocycles. The lowest BCUT2D eigenvalue weighted by Crippen LogP contribution is -2.58. The van der Waals surface area contributed by atoms with Crippen molar-refractivity contribution in [2.24, 2.45) is 11.3 Å². The van der Waals surface area contributed by atoms with Gasteiger partial charge in [0.05, 0.1) is 44.1 Å². The normalized spacial score (nSPS) is 20.9. The van der Waals surface area contributed by atoms with Crippen LogP contribution in [0.3, 0.4) is 0 Å². The van der Waals surface area contributed by atoms with Crippen molar-refractivity contribution in [3.63, 3.8) is 0 Å². The Morgan fingerprint density at radius 3 is 2.30 bits per heavy atom. The second-order valence-corrected chi connectivity index (χ2v) is 14.0. The summed E-state index contributed by atoms with van der Waals surface area (Å²) < 4.78 is 21.8. The van der Waals surface area contributed by atoms with E-state index in [2.05, 4.69) is 20.9 Å². The minimum atomic E-state index is -1.11. The number of rotatable bonds is 13. The molecule has 3 aromatic rings. The van der Waals surface area contributed by atoms with Gasteiger partial charge in [-0.05, 0) is 54.4 Å². The van der Waals surface area contributed by atoms with Gasteiger partial charge in [-0.1, -0.05) is 81.4 Å². The fourth-order valence-electron chi connectivity index (χ4n) is 6.43. The van der Waals surface area contributed by atoms with E-state index in [4.69, 9.17) is 18.9 Å². The molecule has 0 radical (unpaired) electrons. The number of ether oxygens (including phenoxy) is 4. The molecule has 2 saturated heterocycles. The molecule has 5 rings (SSSR count). The zero-order valence-corrected chi connectivity index (χ0v) is 29.0. The molecular weight excluding hydrogens is 640 g/mol. The standard InChI is InChI=1S/C38H48N4O8/c1-38(2,3)33(42-36(45)47-4)34(44)41-30(21-25-13-15-26(16-14-25)29-12-8-9-18-39-29)31(43)22-27(20-24-10-6-5-7-11-24)40-37(46)50-32-23-49-35-28(32)17-19-48-35/h5-16,18,27-28,30-33,35,43H,17,19-23H2,1-4H3,(H,40,46)(H,41,44)(H,42,45)/t27?,28-,30?,31+,32?,33?,35+/m0/s1. The number of hydrogen-bond acceptors (Lipinski definition) is 9. The molecule has 2 fully saturated rings. The van der Waals surface area contributed by atoms with Gasteiger partial charge in [-0.25, -0.2) is 9.59 Å². The van der Waals surface area contributed by atoms with Crippen LogP contribution in [0.2, 0.25) is 0 Å². The molecule has 2 aromatic carbocycles. The molecule has 268 valence electrons. The largest absolute Gasteiger partial charge is 0.453 e. The molecule has 2 aliphatic heterocycles. The van der Waals surface area contributed by atoms with Gasteiger partial charge in [0, 0.05) is 17.8 Å². The van der Waals surface area contributed by atoms with Crippen LogP contribution < -0.4 is 16.0 Å². The highest BCUT2D eigenvalue weighted by atomic mass is 16.7. The Labute approximate surface area is 293 Å². The van der Waals surface area contributed by atoms with Gasteiger partial charge in [0.2, 0.25) is 5.91 Å². The van der Waals surface area contributed by atoms with Crippen LogP contribution in [-0.2, 0) is 36.6 Å². The average molecular weight is 689 g/mol. The molecule has 0 saturated carbocycles. The number of aliphatic hydroxyl groups is 1. The first-order valence-electron chi connectivity index (χ1n) is 17.1. The van der Waals surface area contributed by atoms with Crippen molar-refractivity contribution in [1.29, 1.82) is 0 Å². The van der Waals surface area contributed by atoms with Gasteiger partial charge >= 0.3 is 12.2 Å². The maximum absolute atomic E-state index is 13.8. The van der Waals surface area contributed by atoms with Crippen molar-refractivity contribution < 1.29 is 38.4 Å². The molecule has 0 spiro atoms. The van der Waals surface area contributed by atoms with Gasteiger partial charge in [-0.3, -0.25) is 9.78 Å². The highest BCUT2D eigenvalue weighted by Gasteiger charge is 2.44. The summed E-state index contributed by atoms with van der Waals surface area (Å²) in [4.78, 5) is 43.7. The minimum absolute atomic E-state index is 0.0167. The molecule has 12 heteroatoms. The number of fused-ring (bicyclic) bond motifs is 1. The zero-order chi connectivity index (χ0) is 35.7. The Balaban J connectivity index is 1.35. The summed E-state index contributed by atoms with van der Waals surface area (Å²) in [6.45, 7) is 6.31. The highest BCUT2D eigenvalue weighted by Crippen LogP contribution is 2.33. The third-order valence-corrected chi connectivity index (χ3v) is 9.15. The number of aromatic nitrogens is 1. The number of pyridine rings is 1. The van der Waals surface area contributed by atoms with Crippen LogP contribution >= 0.6 is 0 Å². The van der Waals surface area contributed by atoms with Crippen molar-refractivity contribution >= 4 is 18.1 Å². The molecule has 4 N–H and O–H groups in total. The predicted molar refractivity (Wildman–Crippen MR) is 186 cm³/mol. The van der Waals surface area contributed by atoms with Crippen LogP contribution in [-0.4, -0.2) is 85.1 Å². The molecule has 12 nitrogen and oxygen atoms in total. The summed E-state index contributed by atoms with van der Waals surface area (Å²) >= 11 is 0. The molecular formula is C38H48N4O8. The van der Waals surface area contributed by atoms with E-state index in [-0.39, 0.29) is 31.7 Å². The second-order valence-electron chi connectivity index (χ2n) is 14.0. The van der Waals surface area contributed by atoms with Crippen LogP contribution in [0, 0.1) is 11.3 Å². The Morgan fingerprint density at radius 2 is 1.62 bits per heavy atom. The number of hydrogen-bond donors (Lipinski definition) is 4. The molecule has 0 aliphatic carbocycles. The molecule has 50 heavy (non-hydrogen) atoms. The molecule has 7 atom stereocenters. The quantitative estimate of drug-likeness (QED) is 0.204. The smallest absolute Gasteiger partial charge is 0.407 e. The van der Waals surface area contributed by atoms with E-state index in [1.165, 1.54) is 7.11 Å². The summed E-state index contributed by atoms with van der Waals surface area (Å²) in [5.41, 5.74) is 2.90. The van der Waals surface area contributed by atoms with E-state index in [9.17, 15) is 19.5 Å². The lowest BCUT2D eigenvalue weighted by molar-refractivity contribution is -0.127. The van der Waals surface area contributed by atoms with Gasteiger partial charge in [0.1, 0.15) is 12.1 Å². The van der Waals surface area contributed by atoms with E-state index < -0.39 is 53.8 Å². The first-order chi connectivity index (χ1) is 24.0. The Bertz CT molecular complexity index is 1550. The summed E-state index contributed by atoms with van der Waals surface area (Å²) in [5.74, 6) is -0.490. The number of aliphatic hydroxyl groups excluding tert-OH is 1. The Hall–Kier alpha value is -4.52. The van der Waals surface area contributed by atoms with Crippen LogP contribution in [0.15, 0.2) is 79.0 Å². The van der Waals surface area contributed by atoms with E-state index in [1.807, 2.05) is 93.6 Å². The van der Waals surface area contributed by atoms with Gasteiger partial charge in [-0.2, -0.15) is 0 Å². The number of methoxy groups -OCH3 is 1. The molecule has 3 amide bonds. The fourth-order valence-corrected chi connectivity index (χ4v) is 6.43. The van der Waals surface area contributed by atoms with E-state index in [1.54, 1.807) is 6.20 Å². The van der Waals surface area contributed by atoms with Gasteiger partial charge in [0.15, 0.2) is 6.29 Å². The molecule has 4 unspecified atom stereocenters. The van der Waals surface area contributed by atoms with Crippen molar-refractivity contribution in [3.8, 4) is 11.3 Å².